The Hall–Kier alpha value is -1.02. The molecule has 0 aromatic heterocycles. The number of hydrogen-bond acceptors (Lipinski definition) is 2. The molecule has 1 aromatic rings. The quantitative estimate of drug-likeness (QED) is 0.713. The van der Waals surface area contributed by atoms with Crippen molar-refractivity contribution in [2.75, 3.05) is 31.1 Å². The monoisotopic (exact) mass is 300 g/mol. The lowest BCUT2D eigenvalue weighted by Crippen LogP contribution is -2.36. The topological polar surface area (TPSA) is 15.3 Å². The number of piperidine rings is 1. The molecule has 1 saturated carbocycles. The number of rotatable bonds is 8. The molecule has 0 radical (unpaired) electrons. The van der Waals surface area contributed by atoms with Crippen molar-refractivity contribution in [3.8, 4) is 0 Å². The van der Waals surface area contributed by atoms with Crippen molar-refractivity contribution in [1.29, 1.82) is 0 Å². The number of unbranched alkanes of at least 4 members (excludes halogenated alkanes) is 3. The lowest BCUT2D eigenvalue weighted by molar-refractivity contribution is 0.343. The lowest BCUT2D eigenvalue weighted by Gasteiger charge is -2.34. The van der Waals surface area contributed by atoms with Crippen LogP contribution in [0.3, 0.4) is 0 Å². The minimum atomic E-state index is 0.696. The van der Waals surface area contributed by atoms with Gasteiger partial charge in [-0.3, -0.25) is 0 Å². The average Bonchev–Trinajstić information content (AvgIpc) is 3.24. The molecule has 1 heterocycles. The molecule has 0 bridgehead atoms. The summed E-state index contributed by atoms with van der Waals surface area (Å²) >= 11 is 0. The van der Waals surface area contributed by atoms with Crippen LogP contribution in [0, 0.1) is 11.3 Å². The van der Waals surface area contributed by atoms with Gasteiger partial charge in [-0.1, -0.05) is 44.4 Å². The summed E-state index contributed by atoms with van der Waals surface area (Å²) in [5.41, 5.74) is 2.10. The zero-order valence-corrected chi connectivity index (χ0v) is 14.2. The highest BCUT2D eigenvalue weighted by Gasteiger charge is 2.54. The lowest BCUT2D eigenvalue weighted by atomic mass is 9.90. The third-order valence-electron chi connectivity index (χ3n) is 5.84. The van der Waals surface area contributed by atoms with Gasteiger partial charge in [-0.2, -0.15) is 0 Å². The fourth-order valence-corrected chi connectivity index (χ4v) is 4.13. The number of benzene rings is 1. The van der Waals surface area contributed by atoms with E-state index < -0.39 is 0 Å². The molecule has 1 aromatic carbocycles. The molecule has 2 fully saturated rings. The second-order valence-electron chi connectivity index (χ2n) is 7.35. The third kappa shape index (κ3) is 3.84. The summed E-state index contributed by atoms with van der Waals surface area (Å²) in [7, 11) is 0. The second-order valence-corrected chi connectivity index (χ2v) is 7.35. The van der Waals surface area contributed by atoms with Gasteiger partial charge in [0.25, 0.3) is 0 Å². The van der Waals surface area contributed by atoms with E-state index in [0.29, 0.717) is 5.41 Å². The molecule has 3 rings (SSSR count). The van der Waals surface area contributed by atoms with Gasteiger partial charge >= 0.3 is 0 Å². The van der Waals surface area contributed by atoms with E-state index in [1.54, 1.807) is 0 Å². The van der Waals surface area contributed by atoms with Gasteiger partial charge in [-0.25, -0.2) is 0 Å². The predicted octanol–water partition coefficient (Wildman–Crippen LogP) is 4.46. The van der Waals surface area contributed by atoms with Crippen molar-refractivity contribution >= 4 is 5.69 Å². The van der Waals surface area contributed by atoms with Gasteiger partial charge in [0, 0.05) is 18.8 Å². The Morgan fingerprint density at radius 2 is 1.86 bits per heavy atom. The molecule has 2 heteroatoms. The fourth-order valence-electron chi connectivity index (χ4n) is 4.13. The summed E-state index contributed by atoms with van der Waals surface area (Å²) in [6.45, 7) is 7.26. The van der Waals surface area contributed by atoms with Gasteiger partial charge in [0.2, 0.25) is 0 Å². The van der Waals surface area contributed by atoms with E-state index in [1.807, 2.05) is 0 Å². The van der Waals surface area contributed by atoms with Crippen LogP contribution in [0.4, 0.5) is 5.69 Å². The van der Waals surface area contributed by atoms with Crippen LogP contribution in [0.25, 0.3) is 0 Å². The maximum Gasteiger partial charge on any atom is 0.0366 e. The molecule has 1 aliphatic heterocycles. The van der Waals surface area contributed by atoms with Crippen LogP contribution in [0.2, 0.25) is 0 Å². The number of anilines is 1. The predicted molar refractivity (Wildman–Crippen MR) is 95.4 cm³/mol. The van der Waals surface area contributed by atoms with Crippen LogP contribution >= 0.6 is 0 Å². The van der Waals surface area contributed by atoms with Crippen molar-refractivity contribution in [2.24, 2.45) is 11.3 Å². The molecule has 2 aliphatic rings. The van der Waals surface area contributed by atoms with Crippen LogP contribution in [0.5, 0.6) is 0 Å². The average molecular weight is 300 g/mol. The number of hydrogen-bond donors (Lipinski definition) is 1. The smallest absolute Gasteiger partial charge is 0.0366 e. The highest BCUT2D eigenvalue weighted by atomic mass is 15.1. The van der Waals surface area contributed by atoms with Crippen molar-refractivity contribution in [3.63, 3.8) is 0 Å². The summed E-state index contributed by atoms with van der Waals surface area (Å²) in [6.07, 6.45) is 9.74. The molecular weight excluding hydrogens is 268 g/mol. The van der Waals surface area contributed by atoms with Gasteiger partial charge < -0.3 is 10.2 Å². The first kappa shape index (κ1) is 15.9. The molecule has 22 heavy (non-hydrogen) atoms. The third-order valence-corrected chi connectivity index (χ3v) is 5.84. The van der Waals surface area contributed by atoms with Gasteiger partial charge in [0.05, 0.1) is 0 Å². The van der Waals surface area contributed by atoms with E-state index in [1.165, 1.54) is 76.8 Å². The van der Waals surface area contributed by atoms with Crippen molar-refractivity contribution in [3.05, 3.63) is 30.3 Å². The second kappa shape index (κ2) is 7.50. The summed E-state index contributed by atoms with van der Waals surface area (Å²) in [4.78, 5) is 2.57. The number of para-hydroxylation sites is 1. The van der Waals surface area contributed by atoms with Crippen molar-refractivity contribution < 1.29 is 0 Å². The Balaban J connectivity index is 1.34. The normalized spacial score (nSPS) is 23.0. The van der Waals surface area contributed by atoms with E-state index in [2.05, 4.69) is 47.5 Å². The zero-order chi connectivity index (χ0) is 15.3. The summed E-state index contributed by atoms with van der Waals surface area (Å²) in [5, 5.41) is 3.71. The van der Waals surface area contributed by atoms with Gasteiger partial charge in [0.1, 0.15) is 0 Å². The van der Waals surface area contributed by atoms with E-state index >= 15 is 0 Å². The fraction of sp³-hybridized carbons (Fsp3) is 0.700. The van der Waals surface area contributed by atoms with Crippen LogP contribution in [0.1, 0.15) is 51.9 Å². The van der Waals surface area contributed by atoms with Crippen LogP contribution in [0.15, 0.2) is 30.3 Å². The number of nitrogens with zero attached hydrogens (tertiary/aromatic N) is 1. The van der Waals surface area contributed by atoms with E-state index in [9.17, 15) is 0 Å². The Morgan fingerprint density at radius 3 is 2.59 bits per heavy atom. The Labute approximate surface area is 136 Å². The van der Waals surface area contributed by atoms with E-state index in [0.717, 1.165) is 5.92 Å². The first-order chi connectivity index (χ1) is 10.8. The maximum absolute atomic E-state index is 3.71. The minimum absolute atomic E-state index is 0.696. The summed E-state index contributed by atoms with van der Waals surface area (Å²) < 4.78 is 0. The molecule has 2 nitrogen and oxygen atoms in total. The maximum atomic E-state index is 3.71. The van der Waals surface area contributed by atoms with Crippen LogP contribution in [-0.4, -0.2) is 26.2 Å². The molecule has 1 unspecified atom stereocenters. The molecule has 1 saturated heterocycles. The zero-order valence-electron chi connectivity index (χ0n) is 14.2. The molecule has 1 N–H and O–H groups in total. The van der Waals surface area contributed by atoms with Crippen LogP contribution < -0.4 is 10.2 Å². The van der Waals surface area contributed by atoms with Crippen LogP contribution in [-0.2, 0) is 0 Å². The highest BCUT2D eigenvalue weighted by Crippen LogP contribution is 2.59. The van der Waals surface area contributed by atoms with E-state index in [4.69, 9.17) is 0 Å². The Kier molecular flexibility index (Phi) is 5.41. The van der Waals surface area contributed by atoms with Crippen molar-refractivity contribution in [2.45, 2.75) is 51.9 Å². The molecule has 1 spiro atoms. The van der Waals surface area contributed by atoms with Crippen molar-refractivity contribution in [1.82, 2.24) is 5.32 Å². The Morgan fingerprint density at radius 1 is 1.09 bits per heavy atom. The van der Waals surface area contributed by atoms with Gasteiger partial charge in [0.15, 0.2) is 0 Å². The molecule has 1 atom stereocenters. The van der Waals surface area contributed by atoms with E-state index in [-0.39, 0.29) is 0 Å². The first-order valence-electron chi connectivity index (χ1n) is 9.35. The molecule has 122 valence electrons. The minimum Gasteiger partial charge on any atom is -0.371 e. The standard InChI is InChI=1S/C20H32N2/c1-2-3-4-8-13-21-17-18-16-20(18)11-14-22(15-12-20)19-9-6-5-7-10-19/h5-7,9-10,18,21H,2-4,8,11-17H2,1H3. The molecule has 1 aliphatic carbocycles. The Bertz CT molecular complexity index is 434. The summed E-state index contributed by atoms with van der Waals surface area (Å²) in [5.74, 6) is 0.955. The highest BCUT2D eigenvalue weighted by molar-refractivity contribution is 5.46. The SMILES string of the molecule is CCCCCCNCC1CC12CCN(c1ccccc1)CC2. The number of nitrogens with one attached hydrogen (secondary N) is 1. The largest absolute Gasteiger partial charge is 0.371 e. The molecule has 0 amide bonds. The first-order valence-corrected chi connectivity index (χ1v) is 9.35. The van der Waals surface area contributed by atoms with Gasteiger partial charge in [-0.05, 0) is 62.2 Å². The summed E-state index contributed by atoms with van der Waals surface area (Å²) in [6, 6.07) is 10.9. The van der Waals surface area contributed by atoms with Gasteiger partial charge in [-0.15, -0.1) is 0 Å². The molecular formula is C20H32N2.